The molecule has 1 aliphatic heterocycles. The zero-order chi connectivity index (χ0) is 21.7. The summed E-state index contributed by atoms with van der Waals surface area (Å²) < 4.78 is 9.93. The average molecular weight is 412 g/mol. The van der Waals surface area contributed by atoms with Crippen LogP contribution in [0.2, 0.25) is 0 Å². The number of anilines is 1. The topological polar surface area (TPSA) is 99.0 Å². The van der Waals surface area contributed by atoms with Crippen molar-refractivity contribution in [1.29, 1.82) is 0 Å². The third kappa shape index (κ3) is 4.94. The Bertz CT molecular complexity index is 941. The number of nitro benzene ring substituents is 1. The molecule has 1 heterocycles. The highest BCUT2D eigenvalue weighted by Crippen LogP contribution is 2.32. The number of piperidine rings is 1. The van der Waals surface area contributed by atoms with E-state index in [0.29, 0.717) is 22.7 Å². The van der Waals surface area contributed by atoms with E-state index in [9.17, 15) is 19.7 Å². The van der Waals surface area contributed by atoms with Crippen LogP contribution in [0.4, 0.5) is 11.4 Å². The lowest BCUT2D eigenvalue weighted by molar-refractivity contribution is -0.384. The number of nitrogens with zero attached hydrogens (tertiary/aromatic N) is 2. The molecule has 2 aromatic rings. The van der Waals surface area contributed by atoms with Crippen molar-refractivity contribution in [2.45, 2.75) is 26.4 Å². The van der Waals surface area contributed by atoms with Gasteiger partial charge in [0.1, 0.15) is 12.3 Å². The van der Waals surface area contributed by atoms with Gasteiger partial charge in [0, 0.05) is 19.2 Å². The Morgan fingerprint density at radius 2 is 1.83 bits per heavy atom. The molecule has 0 bridgehead atoms. The van der Waals surface area contributed by atoms with Crippen molar-refractivity contribution in [3.05, 3.63) is 69.3 Å². The lowest BCUT2D eigenvalue weighted by Crippen LogP contribution is -2.34. The molecule has 30 heavy (non-hydrogen) atoms. The Morgan fingerprint density at radius 1 is 1.13 bits per heavy atom. The van der Waals surface area contributed by atoms with E-state index in [1.807, 2.05) is 4.90 Å². The maximum Gasteiger partial charge on any atom is 0.338 e. The minimum atomic E-state index is -0.645. The molecule has 0 saturated carbocycles. The number of carbonyl (C=O) groups is 2. The van der Waals surface area contributed by atoms with Gasteiger partial charge in [-0.2, -0.15) is 0 Å². The van der Waals surface area contributed by atoms with Gasteiger partial charge in [0.15, 0.2) is 0 Å². The summed E-state index contributed by atoms with van der Waals surface area (Å²) in [5.74, 6) is -0.628. The van der Waals surface area contributed by atoms with Gasteiger partial charge in [-0.05, 0) is 48.6 Å². The van der Waals surface area contributed by atoms with Gasteiger partial charge in [0.2, 0.25) is 0 Å². The monoisotopic (exact) mass is 412 g/mol. The van der Waals surface area contributed by atoms with Crippen molar-refractivity contribution >= 4 is 23.3 Å². The molecule has 1 atom stereocenters. The largest absolute Gasteiger partial charge is 0.465 e. The Morgan fingerprint density at radius 3 is 2.47 bits per heavy atom. The summed E-state index contributed by atoms with van der Waals surface area (Å²) >= 11 is 0. The maximum absolute atomic E-state index is 12.4. The van der Waals surface area contributed by atoms with E-state index in [-0.39, 0.29) is 17.9 Å². The summed E-state index contributed by atoms with van der Waals surface area (Å²) in [6, 6.07) is 10.9. The van der Waals surface area contributed by atoms with Crippen LogP contribution in [-0.2, 0) is 16.1 Å². The molecule has 1 aliphatic rings. The van der Waals surface area contributed by atoms with Gasteiger partial charge in [-0.3, -0.25) is 10.1 Å². The molecular weight excluding hydrogens is 388 g/mol. The first-order valence-electron chi connectivity index (χ1n) is 9.77. The number of esters is 2. The number of ether oxygens (including phenoxy) is 2. The number of carbonyl (C=O) groups excluding carboxylic acids is 2. The van der Waals surface area contributed by atoms with Crippen LogP contribution in [0.15, 0.2) is 42.5 Å². The molecular formula is C22H24N2O6. The van der Waals surface area contributed by atoms with E-state index in [4.69, 9.17) is 4.74 Å². The molecule has 0 radical (unpaired) electrons. The predicted octanol–water partition coefficient (Wildman–Crippen LogP) is 3.97. The van der Waals surface area contributed by atoms with Crippen LogP contribution in [0.5, 0.6) is 0 Å². The highest BCUT2D eigenvalue weighted by atomic mass is 16.6. The second kappa shape index (κ2) is 9.39. The number of nitro groups is 1. The molecule has 0 amide bonds. The predicted molar refractivity (Wildman–Crippen MR) is 111 cm³/mol. The average Bonchev–Trinajstić information content (AvgIpc) is 2.76. The summed E-state index contributed by atoms with van der Waals surface area (Å²) in [6.45, 7) is 3.63. The molecule has 1 saturated heterocycles. The fraction of sp³-hybridized carbons (Fsp3) is 0.364. The van der Waals surface area contributed by atoms with Crippen LogP contribution in [0.25, 0.3) is 0 Å². The second-order valence-electron chi connectivity index (χ2n) is 7.42. The first kappa shape index (κ1) is 21.3. The normalized spacial score (nSPS) is 16.1. The quantitative estimate of drug-likeness (QED) is 0.402. The highest BCUT2D eigenvalue weighted by molar-refractivity contribution is 5.91. The van der Waals surface area contributed by atoms with Gasteiger partial charge in [0.25, 0.3) is 5.69 Å². The van der Waals surface area contributed by atoms with Crippen LogP contribution in [-0.4, -0.2) is 37.1 Å². The smallest absolute Gasteiger partial charge is 0.338 e. The molecule has 3 rings (SSSR count). The standard InChI is InChI=1S/C22H24N2O6/c1-15-4-3-11-23(13-15)19-10-9-18(12-20(19)24(27)28)22(26)30-14-16-5-7-17(8-6-16)21(25)29-2/h5-10,12,15H,3-4,11,13-14H2,1-2H3/t15-/m1/s1. The van der Waals surface area contributed by atoms with Gasteiger partial charge in [-0.15, -0.1) is 0 Å². The summed E-state index contributed by atoms with van der Waals surface area (Å²) in [4.78, 5) is 37.0. The number of hydrogen-bond donors (Lipinski definition) is 0. The summed E-state index contributed by atoms with van der Waals surface area (Å²) in [5, 5.41) is 11.6. The lowest BCUT2D eigenvalue weighted by atomic mass is 9.99. The zero-order valence-corrected chi connectivity index (χ0v) is 17.0. The Balaban J connectivity index is 1.70. The molecule has 0 spiro atoms. The summed E-state index contributed by atoms with van der Waals surface area (Å²) in [6.07, 6.45) is 2.09. The minimum Gasteiger partial charge on any atom is -0.465 e. The zero-order valence-electron chi connectivity index (χ0n) is 17.0. The molecule has 0 aromatic heterocycles. The van der Waals surface area contributed by atoms with Crippen molar-refractivity contribution in [1.82, 2.24) is 0 Å². The van der Waals surface area contributed by atoms with Gasteiger partial charge < -0.3 is 14.4 Å². The third-order valence-corrected chi connectivity index (χ3v) is 5.15. The van der Waals surface area contributed by atoms with Crippen LogP contribution >= 0.6 is 0 Å². The highest BCUT2D eigenvalue weighted by Gasteiger charge is 2.25. The molecule has 1 fully saturated rings. The van der Waals surface area contributed by atoms with E-state index in [0.717, 1.165) is 25.9 Å². The van der Waals surface area contributed by atoms with Gasteiger partial charge in [-0.1, -0.05) is 19.1 Å². The third-order valence-electron chi connectivity index (χ3n) is 5.15. The molecule has 0 N–H and O–H groups in total. The van der Waals surface area contributed by atoms with Crippen LogP contribution in [0.1, 0.15) is 46.0 Å². The number of hydrogen-bond acceptors (Lipinski definition) is 7. The van der Waals surface area contributed by atoms with Gasteiger partial charge in [0.05, 0.1) is 23.2 Å². The Hall–Kier alpha value is -3.42. The van der Waals surface area contributed by atoms with Gasteiger partial charge in [-0.25, -0.2) is 9.59 Å². The molecule has 158 valence electrons. The van der Waals surface area contributed by atoms with Crippen molar-refractivity contribution in [2.24, 2.45) is 5.92 Å². The summed E-state index contributed by atoms with van der Waals surface area (Å²) in [5.41, 5.74) is 1.64. The Kier molecular flexibility index (Phi) is 6.66. The SMILES string of the molecule is COC(=O)c1ccc(COC(=O)c2ccc(N3CCC[C@@H](C)C3)c([N+](=O)[O-])c2)cc1. The van der Waals surface area contributed by atoms with Crippen LogP contribution < -0.4 is 4.90 Å². The second-order valence-corrected chi connectivity index (χ2v) is 7.42. The first-order chi connectivity index (χ1) is 14.4. The fourth-order valence-electron chi connectivity index (χ4n) is 3.56. The molecule has 0 aliphatic carbocycles. The van der Waals surface area contributed by atoms with Gasteiger partial charge >= 0.3 is 11.9 Å². The number of benzene rings is 2. The molecule has 8 heteroatoms. The molecule has 0 unspecified atom stereocenters. The van der Waals surface area contributed by atoms with Crippen molar-refractivity contribution in [2.75, 3.05) is 25.1 Å². The first-order valence-corrected chi connectivity index (χ1v) is 9.77. The van der Waals surface area contributed by atoms with E-state index < -0.39 is 16.9 Å². The van der Waals surface area contributed by atoms with E-state index >= 15 is 0 Å². The fourth-order valence-corrected chi connectivity index (χ4v) is 3.56. The minimum absolute atomic E-state index is 0.0144. The van der Waals surface area contributed by atoms with E-state index in [1.54, 1.807) is 36.4 Å². The maximum atomic E-state index is 12.4. The van der Waals surface area contributed by atoms with Crippen molar-refractivity contribution in [3.8, 4) is 0 Å². The summed E-state index contributed by atoms with van der Waals surface area (Å²) in [7, 11) is 1.30. The number of methoxy groups -OCH3 is 1. The van der Waals surface area contributed by atoms with Crippen LogP contribution in [0, 0.1) is 16.0 Å². The lowest BCUT2D eigenvalue weighted by Gasteiger charge is -2.32. The van der Waals surface area contributed by atoms with E-state index in [1.165, 1.54) is 13.2 Å². The van der Waals surface area contributed by atoms with Crippen molar-refractivity contribution < 1.29 is 24.0 Å². The molecule has 8 nitrogen and oxygen atoms in total. The van der Waals surface area contributed by atoms with E-state index in [2.05, 4.69) is 11.7 Å². The Labute approximate surface area is 174 Å². The number of rotatable bonds is 6. The molecule has 2 aromatic carbocycles. The van der Waals surface area contributed by atoms with Crippen LogP contribution in [0.3, 0.4) is 0 Å². The van der Waals surface area contributed by atoms with Crippen molar-refractivity contribution in [3.63, 3.8) is 0 Å².